The van der Waals surface area contributed by atoms with Crippen molar-refractivity contribution in [2.75, 3.05) is 0 Å². The predicted molar refractivity (Wildman–Crippen MR) is 81.3 cm³/mol. The van der Waals surface area contributed by atoms with Crippen molar-refractivity contribution in [3.63, 3.8) is 0 Å². The zero-order valence-corrected chi connectivity index (χ0v) is 12.7. The van der Waals surface area contributed by atoms with Crippen LogP contribution in [-0.4, -0.2) is 13.9 Å². The SMILES string of the molecule is C#CCCCc1ccc2ccccc2c1OS(=O)(=O)C(F)(F)F. The van der Waals surface area contributed by atoms with E-state index in [-0.39, 0.29) is 5.75 Å². The highest BCUT2D eigenvalue weighted by Crippen LogP contribution is 2.35. The van der Waals surface area contributed by atoms with Gasteiger partial charge in [0.2, 0.25) is 0 Å². The Hall–Kier alpha value is -2.20. The number of alkyl halides is 3. The molecular weight excluding hydrogens is 329 g/mol. The number of fused-ring (bicyclic) bond motifs is 1. The Kier molecular flexibility index (Phi) is 4.85. The van der Waals surface area contributed by atoms with Gasteiger partial charge in [0, 0.05) is 11.8 Å². The van der Waals surface area contributed by atoms with Crippen molar-refractivity contribution in [2.45, 2.75) is 24.8 Å². The zero-order valence-electron chi connectivity index (χ0n) is 11.9. The maximum atomic E-state index is 12.6. The molecule has 7 heteroatoms. The van der Waals surface area contributed by atoms with Gasteiger partial charge in [0.05, 0.1) is 0 Å². The Morgan fingerprint density at radius 2 is 1.83 bits per heavy atom. The molecule has 0 unspecified atom stereocenters. The van der Waals surface area contributed by atoms with E-state index >= 15 is 0 Å². The summed E-state index contributed by atoms with van der Waals surface area (Å²) in [6.07, 6.45) is 6.41. The topological polar surface area (TPSA) is 43.4 Å². The van der Waals surface area contributed by atoms with Crippen LogP contribution in [0.5, 0.6) is 5.75 Å². The van der Waals surface area contributed by atoms with Gasteiger partial charge in [-0.15, -0.1) is 12.3 Å². The van der Waals surface area contributed by atoms with Gasteiger partial charge in [-0.2, -0.15) is 21.6 Å². The molecule has 3 nitrogen and oxygen atoms in total. The van der Waals surface area contributed by atoms with E-state index in [1.54, 1.807) is 30.3 Å². The van der Waals surface area contributed by atoms with Gasteiger partial charge in [-0.05, 0) is 23.8 Å². The van der Waals surface area contributed by atoms with Crippen molar-refractivity contribution in [3.05, 3.63) is 42.0 Å². The standard InChI is InChI=1S/C16H13F3O3S/c1-2-3-4-8-13-11-10-12-7-5-6-9-14(12)15(13)22-23(20,21)16(17,18)19/h1,5-7,9-11H,3-4,8H2. The van der Waals surface area contributed by atoms with E-state index < -0.39 is 15.6 Å². The number of halogens is 3. The van der Waals surface area contributed by atoms with Crippen LogP contribution in [0.15, 0.2) is 36.4 Å². The summed E-state index contributed by atoms with van der Waals surface area (Å²) in [4.78, 5) is 0. The van der Waals surface area contributed by atoms with Gasteiger partial charge < -0.3 is 4.18 Å². The lowest BCUT2D eigenvalue weighted by atomic mass is 10.0. The van der Waals surface area contributed by atoms with Crippen LogP contribution in [0.1, 0.15) is 18.4 Å². The minimum absolute atomic E-state index is 0.294. The molecule has 0 aromatic heterocycles. The Labute approximate surface area is 132 Å². The monoisotopic (exact) mass is 342 g/mol. The van der Waals surface area contributed by atoms with Gasteiger partial charge in [0.25, 0.3) is 0 Å². The Bertz CT molecular complexity index is 849. The van der Waals surface area contributed by atoms with Crippen molar-refractivity contribution in [2.24, 2.45) is 0 Å². The highest BCUT2D eigenvalue weighted by atomic mass is 32.2. The van der Waals surface area contributed by atoms with E-state index in [1.165, 1.54) is 6.07 Å². The van der Waals surface area contributed by atoms with Gasteiger partial charge in [0.1, 0.15) is 0 Å². The summed E-state index contributed by atoms with van der Waals surface area (Å²) in [5.41, 5.74) is -5.12. The fourth-order valence-corrected chi connectivity index (χ4v) is 2.63. The first-order valence-corrected chi connectivity index (χ1v) is 8.12. The molecule has 0 amide bonds. The lowest BCUT2D eigenvalue weighted by Gasteiger charge is -2.15. The number of aryl methyl sites for hydroxylation is 1. The molecule has 0 fully saturated rings. The molecular formula is C16H13F3O3S. The second kappa shape index (κ2) is 6.50. The van der Waals surface area contributed by atoms with Crippen molar-refractivity contribution < 1.29 is 25.8 Å². The van der Waals surface area contributed by atoms with Crippen LogP contribution in [0.25, 0.3) is 10.8 Å². The number of terminal acetylenes is 1. The van der Waals surface area contributed by atoms with E-state index in [1.807, 2.05) is 0 Å². The largest absolute Gasteiger partial charge is 0.534 e. The Balaban J connectivity index is 2.53. The van der Waals surface area contributed by atoms with Gasteiger partial charge >= 0.3 is 15.6 Å². The second-order valence-electron chi connectivity index (χ2n) is 4.82. The van der Waals surface area contributed by atoms with E-state index in [0.29, 0.717) is 35.6 Å². The Morgan fingerprint density at radius 1 is 1.13 bits per heavy atom. The number of hydrogen-bond acceptors (Lipinski definition) is 3. The Morgan fingerprint density at radius 3 is 2.48 bits per heavy atom. The number of benzene rings is 2. The van der Waals surface area contributed by atoms with Crippen LogP contribution in [0.3, 0.4) is 0 Å². The van der Waals surface area contributed by atoms with E-state index in [2.05, 4.69) is 10.1 Å². The van der Waals surface area contributed by atoms with Crippen LogP contribution in [-0.2, 0) is 16.5 Å². The minimum atomic E-state index is -5.74. The third-order valence-electron chi connectivity index (χ3n) is 3.20. The normalized spacial score (nSPS) is 12.1. The summed E-state index contributed by atoms with van der Waals surface area (Å²) in [6.45, 7) is 0. The van der Waals surface area contributed by atoms with Crippen LogP contribution in [0, 0.1) is 12.3 Å². The predicted octanol–water partition coefficient (Wildman–Crippen LogP) is 4.02. The molecule has 2 aromatic rings. The van der Waals surface area contributed by atoms with Gasteiger partial charge in [-0.25, -0.2) is 0 Å². The first-order valence-electron chi connectivity index (χ1n) is 6.71. The zero-order chi connectivity index (χ0) is 17.1. The molecule has 2 rings (SSSR count). The summed E-state index contributed by atoms with van der Waals surface area (Å²) >= 11 is 0. The first-order chi connectivity index (χ1) is 10.8. The average Bonchev–Trinajstić information content (AvgIpc) is 2.48. The molecule has 0 aliphatic rings. The molecule has 0 saturated heterocycles. The quantitative estimate of drug-likeness (QED) is 0.357. The van der Waals surface area contributed by atoms with E-state index in [4.69, 9.17) is 6.42 Å². The van der Waals surface area contributed by atoms with Crippen LogP contribution in [0.4, 0.5) is 13.2 Å². The molecule has 0 spiro atoms. The highest BCUT2D eigenvalue weighted by molar-refractivity contribution is 7.88. The number of unbranched alkanes of at least 4 members (excludes halogenated alkanes) is 1. The van der Waals surface area contributed by atoms with Gasteiger partial charge in [0.15, 0.2) is 5.75 Å². The summed E-state index contributed by atoms with van der Waals surface area (Å²) in [7, 11) is -5.74. The molecule has 2 aromatic carbocycles. The second-order valence-corrected chi connectivity index (χ2v) is 6.35. The van der Waals surface area contributed by atoms with Crippen molar-refractivity contribution in [1.29, 1.82) is 0 Å². The summed E-state index contributed by atoms with van der Waals surface area (Å²) in [5, 5.41) is 0.888. The van der Waals surface area contributed by atoms with E-state index in [0.717, 1.165) is 0 Å². The molecule has 0 N–H and O–H groups in total. The summed E-state index contributed by atoms with van der Waals surface area (Å²) in [6, 6.07) is 9.73. The number of rotatable bonds is 5. The van der Waals surface area contributed by atoms with Crippen molar-refractivity contribution in [3.8, 4) is 18.1 Å². The molecule has 122 valence electrons. The lowest BCUT2D eigenvalue weighted by molar-refractivity contribution is -0.0499. The number of hydrogen-bond donors (Lipinski definition) is 0. The van der Waals surface area contributed by atoms with Crippen LogP contribution >= 0.6 is 0 Å². The van der Waals surface area contributed by atoms with Gasteiger partial charge in [-0.3, -0.25) is 0 Å². The molecule has 0 saturated carbocycles. The van der Waals surface area contributed by atoms with Gasteiger partial charge in [-0.1, -0.05) is 36.4 Å². The molecule has 0 atom stereocenters. The molecule has 0 bridgehead atoms. The first kappa shape index (κ1) is 17.2. The fraction of sp³-hybridized carbons (Fsp3) is 0.250. The maximum Gasteiger partial charge on any atom is 0.534 e. The molecule has 0 radical (unpaired) electrons. The molecule has 0 aliphatic carbocycles. The smallest absolute Gasteiger partial charge is 0.375 e. The fourth-order valence-electron chi connectivity index (χ4n) is 2.12. The highest BCUT2D eigenvalue weighted by Gasteiger charge is 2.49. The molecule has 0 aliphatic heterocycles. The third-order valence-corrected chi connectivity index (χ3v) is 4.16. The average molecular weight is 342 g/mol. The summed E-state index contributed by atoms with van der Waals surface area (Å²) in [5.74, 6) is 2.13. The minimum Gasteiger partial charge on any atom is -0.375 e. The molecule has 0 heterocycles. The van der Waals surface area contributed by atoms with Crippen molar-refractivity contribution in [1.82, 2.24) is 0 Å². The van der Waals surface area contributed by atoms with Crippen molar-refractivity contribution >= 4 is 20.9 Å². The summed E-state index contributed by atoms with van der Waals surface area (Å²) < 4.78 is 65.0. The van der Waals surface area contributed by atoms with Crippen LogP contribution in [0.2, 0.25) is 0 Å². The molecule has 23 heavy (non-hydrogen) atoms. The third kappa shape index (κ3) is 3.77. The maximum absolute atomic E-state index is 12.6. The van der Waals surface area contributed by atoms with E-state index in [9.17, 15) is 21.6 Å². The van der Waals surface area contributed by atoms with Crippen LogP contribution < -0.4 is 4.18 Å². The lowest BCUT2D eigenvalue weighted by Crippen LogP contribution is -2.28.